The number of hydrogen-bond acceptors (Lipinski definition) is 3. The van der Waals surface area contributed by atoms with Gasteiger partial charge in [0.2, 0.25) is 0 Å². The van der Waals surface area contributed by atoms with Gasteiger partial charge >= 0.3 is 0 Å². The summed E-state index contributed by atoms with van der Waals surface area (Å²) in [5.41, 5.74) is 4.13. The fourth-order valence-electron chi connectivity index (χ4n) is 3.91. The summed E-state index contributed by atoms with van der Waals surface area (Å²) >= 11 is 5.43. The zero-order chi connectivity index (χ0) is 16.9. The molecule has 1 N–H and O–H groups in total. The lowest BCUT2D eigenvalue weighted by Gasteiger charge is -2.43. The fraction of sp³-hybridized carbons (Fsp3) is 0.500. The molecule has 0 radical (unpaired) electrons. The number of ether oxygens (including phenoxy) is 1. The Morgan fingerprint density at radius 1 is 1.25 bits per heavy atom. The van der Waals surface area contributed by atoms with E-state index in [9.17, 15) is 0 Å². The summed E-state index contributed by atoms with van der Waals surface area (Å²) in [5, 5.41) is 5.99. The van der Waals surface area contributed by atoms with Crippen LogP contribution in [-0.4, -0.2) is 6.61 Å². The summed E-state index contributed by atoms with van der Waals surface area (Å²) in [6.07, 6.45) is 2.58. The quantitative estimate of drug-likeness (QED) is 0.588. The molecule has 0 unspecified atom stereocenters. The Morgan fingerprint density at radius 2 is 2.08 bits per heavy atom. The lowest BCUT2D eigenvalue weighted by Crippen LogP contribution is -2.35. The lowest BCUT2D eigenvalue weighted by molar-refractivity contribution is -0.0378. The number of rotatable bonds is 1. The summed E-state index contributed by atoms with van der Waals surface area (Å²) in [6, 6.07) is 9.48. The van der Waals surface area contributed by atoms with Crippen LogP contribution in [0.3, 0.4) is 0 Å². The molecular formula is C20H24BrNOS. The summed E-state index contributed by atoms with van der Waals surface area (Å²) in [4.78, 5) is 1.40. The number of benzene rings is 1. The molecule has 2 aromatic rings. The molecule has 2 nitrogen and oxygen atoms in total. The molecule has 128 valence electrons. The van der Waals surface area contributed by atoms with Gasteiger partial charge in [-0.3, -0.25) is 0 Å². The van der Waals surface area contributed by atoms with E-state index < -0.39 is 0 Å². The molecule has 0 amide bonds. The Morgan fingerprint density at radius 3 is 2.79 bits per heavy atom. The van der Waals surface area contributed by atoms with Crippen LogP contribution in [0.2, 0.25) is 0 Å². The van der Waals surface area contributed by atoms with E-state index >= 15 is 0 Å². The molecule has 0 aliphatic carbocycles. The molecule has 1 saturated heterocycles. The SMILES string of the molecule is CC(C)(C)c1ccc2c(c1)[C@H]1OCCC[C@H]1[C@H](c1cc(Br)cs1)N2. The van der Waals surface area contributed by atoms with Crippen molar-refractivity contribution in [1.82, 2.24) is 0 Å². The monoisotopic (exact) mass is 405 g/mol. The first-order valence-corrected chi connectivity index (χ1v) is 10.4. The van der Waals surface area contributed by atoms with Gasteiger partial charge in [-0.05, 0) is 51.9 Å². The Bertz CT molecular complexity index is 748. The smallest absolute Gasteiger partial charge is 0.0896 e. The highest BCUT2D eigenvalue weighted by molar-refractivity contribution is 9.10. The van der Waals surface area contributed by atoms with E-state index in [1.807, 2.05) is 11.3 Å². The van der Waals surface area contributed by atoms with Gasteiger partial charge in [-0.25, -0.2) is 0 Å². The van der Waals surface area contributed by atoms with Crippen LogP contribution in [0.5, 0.6) is 0 Å². The summed E-state index contributed by atoms with van der Waals surface area (Å²) in [6.45, 7) is 7.70. The van der Waals surface area contributed by atoms with E-state index in [4.69, 9.17) is 4.74 Å². The van der Waals surface area contributed by atoms with Crippen molar-refractivity contribution in [2.75, 3.05) is 11.9 Å². The standard InChI is InChI=1S/C20H24BrNOS/c1-20(2,3)12-6-7-16-15(9-12)19-14(5-4-8-23-19)18(22-16)17-10-13(21)11-24-17/h6-7,9-11,14,18-19,22H,4-5,8H2,1-3H3/t14-,18+,19-/m0/s1. The molecule has 1 fully saturated rings. The molecule has 0 spiro atoms. The summed E-state index contributed by atoms with van der Waals surface area (Å²) in [5.74, 6) is 0.506. The van der Waals surface area contributed by atoms with Crippen LogP contribution < -0.4 is 5.32 Å². The highest BCUT2D eigenvalue weighted by Gasteiger charge is 2.40. The second-order valence-electron chi connectivity index (χ2n) is 7.94. The van der Waals surface area contributed by atoms with E-state index in [0.717, 1.165) is 13.0 Å². The van der Waals surface area contributed by atoms with Crippen molar-refractivity contribution < 1.29 is 4.74 Å². The van der Waals surface area contributed by atoms with Gasteiger partial charge in [0.1, 0.15) is 0 Å². The molecule has 3 heterocycles. The van der Waals surface area contributed by atoms with Crippen LogP contribution >= 0.6 is 27.3 Å². The Labute approximate surface area is 156 Å². The molecular weight excluding hydrogens is 382 g/mol. The Balaban J connectivity index is 1.77. The third-order valence-corrected chi connectivity index (χ3v) is 7.00. The molecule has 0 bridgehead atoms. The van der Waals surface area contributed by atoms with Crippen LogP contribution in [-0.2, 0) is 10.2 Å². The van der Waals surface area contributed by atoms with E-state index in [2.05, 4.69) is 71.7 Å². The topological polar surface area (TPSA) is 21.3 Å². The third-order valence-electron chi connectivity index (χ3n) is 5.23. The van der Waals surface area contributed by atoms with Crippen LogP contribution in [0.4, 0.5) is 5.69 Å². The van der Waals surface area contributed by atoms with Crippen molar-refractivity contribution in [1.29, 1.82) is 0 Å². The second-order valence-corrected chi connectivity index (χ2v) is 9.80. The van der Waals surface area contributed by atoms with Gasteiger partial charge in [0.15, 0.2) is 0 Å². The minimum absolute atomic E-state index is 0.161. The van der Waals surface area contributed by atoms with Crippen LogP contribution in [0.25, 0.3) is 0 Å². The maximum atomic E-state index is 6.29. The van der Waals surface area contributed by atoms with E-state index in [-0.39, 0.29) is 11.5 Å². The Kier molecular flexibility index (Phi) is 4.26. The molecule has 3 atom stereocenters. The van der Waals surface area contributed by atoms with E-state index in [0.29, 0.717) is 12.0 Å². The van der Waals surface area contributed by atoms with Gasteiger partial charge in [0.25, 0.3) is 0 Å². The summed E-state index contributed by atoms with van der Waals surface area (Å²) in [7, 11) is 0. The highest BCUT2D eigenvalue weighted by Crippen LogP contribution is 2.50. The minimum atomic E-state index is 0.161. The van der Waals surface area contributed by atoms with E-state index in [1.165, 1.54) is 32.6 Å². The van der Waals surface area contributed by atoms with Crippen molar-refractivity contribution in [2.24, 2.45) is 5.92 Å². The third kappa shape index (κ3) is 2.93. The molecule has 1 aromatic heterocycles. The molecule has 2 aliphatic heterocycles. The number of hydrogen-bond donors (Lipinski definition) is 1. The molecule has 4 heteroatoms. The molecule has 24 heavy (non-hydrogen) atoms. The van der Waals surface area contributed by atoms with Gasteiger partial charge in [0, 0.05) is 38.5 Å². The molecule has 2 aliphatic rings. The normalized spacial score (nSPS) is 26.4. The van der Waals surface area contributed by atoms with Crippen molar-refractivity contribution in [2.45, 2.75) is 51.2 Å². The molecule has 1 aromatic carbocycles. The van der Waals surface area contributed by atoms with Crippen LogP contribution in [0.1, 0.15) is 61.8 Å². The van der Waals surface area contributed by atoms with Crippen molar-refractivity contribution >= 4 is 33.0 Å². The second kappa shape index (κ2) is 6.15. The first-order valence-electron chi connectivity index (χ1n) is 8.70. The average Bonchev–Trinajstić information content (AvgIpc) is 2.99. The largest absolute Gasteiger partial charge is 0.377 e. The van der Waals surface area contributed by atoms with Crippen LogP contribution in [0, 0.1) is 5.92 Å². The zero-order valence-electron chi connectivity index (χ0n) is 14.4. The van der Waals surface area contributed by atoms with Crippen LogP contribution in [0.15, 0.2) is 34.1 Å². The summed E-state index contributed by atoms with van der Waals surface area (Å²) < 4.78 is 7.46. The van der Waals surface area contributed by atoms with Gasteiger partial charge in [-0.2, -0.15) is 0 Å². The molecule has 0 saturated carbocycles. The minimum Gasteiger partial charge on any atom is -0.377 e. The van der Waals surface area contributed by atoms with Crippen molar-refractivity contribution in [3.8, 4) is 0 Å². The maximum Gasteiger partial charge on any atom is 0.0896 e. The van der Waals surface area contributed by atoms with E-state index in [1.54, 1.807) is 0 Å². The maximum absolute atomic E-state index is 6.29. The first kappa shape index (κ1) is 16.6. The predicted octanol–water partition coefficient (Wildman–Crippen LogP) is 6.44. The number of halogens is 1. The van der Waals surface area contributed by atoms with Crippen molar-refractivity contribution in [3.63, 3.8) is 0 Å². The van der Waals surface area contributed by atoms with Gasteiger partial charge in [-0.1, -0.05) is 32.9 Å². The number of thiophene rings is 1. The zero-order valence-corrected chi connectivity index (χ0v) is 16.8. The average molecular weight is 406 g/mol. The number of anilines is 1. The van der Waals surface area contributed by atoms with Gasteiger partial charge in [0.05, 0.1) is 12.1 Å². The van der Waals surface area contributed by atoms with Gasteiger partial charge < -0.3 is 10.1 Å². The molecule has 4 rings (SSSR count). The first-order chi connectivity index (χ1) is 11.4. The predicted molar refractivity (Wildman–Crippen MR) is 105 cm³/mol. The Hall–Kier alpha value is -0.840. The van der Waals surface area contributed by atoms with Crippen molar-refractivity contribution in [3.05, 3.63) is 50.1 Å². The lowest BCUT2D eigenvalue weighted by atomic mass is 9.77. The number of fused-ring (bicyclic) bond motifs is 3. The van der Waals surface area contributed by atoms with Gasteiger partial charge in [-0.15, -0.1) is 11.3 Å². The number of nitrogens with one attached hydrogen (secondary N) is 1. The highest BCUT2D eigenvalue weighted by atomic mass is 79.9. The fourth-order valence-corrected chi connectivity index (χ4v) is 5.48.